The first-order valence-corrected chi connectivity index (χ1v) is 3.50. The lowest BCUT2D eigenvalue weighted by atomic mass is 10.1. The fourth-order valence-corrected chi connectivity index (χ4v) is 0.991. The predicted octanol–water partition coefficient (Wildman–Crippen LogP) is 1.89. The molecule has 0 unspecified atom stereocenters. The standard InChI is InChI=1S/C8H17NO/c1-7(2)9-8(3,4)6-10-5/h6H2,1-5H3. The lowest BCUT2D eigenvalue weighted by Crippen LogP contribution is -2.24. The monoisotopic (exact) mass is 143 g/mol. The van der Waals surface area contributed by atoms with E-state index in [-0.39, 0.29) is 5.54 Å². The van der Waals surface area contributed by atoms with Crippen molar-refractivity contribution in [3.63, 3.8) is 0 Å². The zero-order valence-electron chi connectivity index (χ0n) is 7.56. The molecule has 0 saturated heterocycles. The maximum atomic E-state index is 5.00. The number of rotatable bonds is 3. The molecule has 0 spiro atoms. The Morgan fingerprint density at radius 1 is 1.40 bits per heavy atom. The van der Waals surface area contributed by atoms with E-state index in [0.717, 1.165) is 5.71 Å². The summed E-state index contributed by atoms with van der Waals surface area (Å²) in [5.74, 6) is 0. The van der Waals surface area contributed by atoms with Gasteiger partial charge < -0.3 is 4.74 Å². The highest BCUT2D eigenvalue weighted by molar-refractivity contribution is 5.79. The maximum Gasteiger partial charge on any atom is 0.0783 e. The minimum absolute atomic E-state index is 0.0619. The van der Waals surface area contributed by atoms with Crippen molar-refractivity contribution in [3.05, 3.63) is 0 Å². The van der Waals surface area contributed by atoms with Gasteiger partial charge in [-0.05, 0) is 27.7 Å². The summed E-state index contributed by atoms with van der Waals surface area (Å²) in [4.78, 5) is 4.39. The fraction of sp³-hybridized carbons (Fsp3) is 0.875. The van der Waals surface area contributed by atoms with Crippen LogP contribution in [-0.4, -0.2) is 25.0 Å². The normalized spacial score (nSPS) is 11.3. The van der Waals surface area contributed by atoms with Gasteiger partial charge in [0.05, 0.1) is 12.1 Å². The molecule has 0 N–H and O–H groups in total. The van der Waals surface area contributed by atoms with Crippen LogP contribution in [0.5, 0.6) is 0 Å². The molecule has 0 aliphatic rings. The van der Waals surface area contributed by atoms with Crippen molar-refractivity contribution in [2.24, 2.45) is 4.99 Å². The minimum atomic E-state index is -0.0619. The van der Waals surface area contributed by atoms with E-state index in [0.29, 0.717) is 6.61 Å². The van der Waals surface area contributed by atoms with Gasteiger partial charge in [-0.1, -0.05) is 0 Å². The SMILES string of the molecule is COCC(C)(C)N=C(C)C. The first kappa shape index (κ1) is 9.63. The Morgan fingerprint density at radius 3 is 2.20 bits per heavy atom. The van der Waals surface area contributed by atoms with Crippen molar-refractivity contribution in [3.8, 4) is 0 Å². The molecule has 0 bridgehead atoms. The number of methoxy groups -OCH3 is 1. The molecule has 0 aromatic heterocycles. The van der Waals surface area contributed by atoms with Crippen LogP contribution < -0.4 is 0 Å². The highest BCUT2D eigenvalue weighted by Crippen LogP contribution is 2.08. The lowest BCUT2D eigenvalue weighted by Gasteiger charge is -2.18. The Hall–Kier alpha value is -0.370. The van der Waals surface area contributed by atoms with E-state index in [4.69, 9.17) is 4.74 Å². The van der Waals surface area contributed by atoms with Gasteiger partial charge in [-0.2, -0.15) is 0 Å². The molecule has 0 amide bonds. The van der Waals surface area contributed by atoms with E-state index in [1.165, 1.54) is 0 Å². The third-order valence-corrected chi connectivity index (χ3v) is 1.02. The van der Waals surface area contributed by atoms with Gasteiger partial charge in [0.1, 0.15) is 0 Å². The average molecular weight is 143 g/mol. The van der Waals surface area contributed by atoms with Crippen molar-refractivity contribution in [2.45, 2.75) is 33.2 Å². The Kier molecular flexibility index (Phi) is 3.58. The number of aliphatic imine (C=N–C) groups is 1. The van der Waals surface area contributed by atoms with E-state index in [1.807, 2.05) is 13.8 Å². The third kappa shape index (κ3) is 4.50. The van der Waals surface area contributed by atoms with Crippen LogP contribution in [0, 0.1) is 0 Å². The molecule has 0 fully saturated rings. The highest BCUT2D eigenvalue weighted by atomic mass is 16.5. The van der Waals surface area contributed by atoms with E-state index in [9.17, 15) is 0 Å². The summed E-state index contributed by atoms with van der Waals surface area (Å²) in [5, 5.41) is 0. The van der Waals surface area contributed by atoms with Gasteiger partial charge in [-0.15, -0.1) is 0 Å². The molecule has 10 heavy (non-hydrogen) atoms. The third-order valence-electron chi connectivity index (χ3n) is 1.02. The molecule has 60 valence electrons. The summed E-state index contributed by atoms with van der Waals surface area (Å²) in [6, 6.07) is 0. The Morgan fingerprint density at radius 2 is 1.90 bits per heavy atom. The highest BCUT2D eigenvalue weighted by Gasteiger charge is 2.14. The van der Waals surface area contributed by atoms with Gasteiger partial charge in [0.15, 0.2) is 0 Å². The molecule has 2 heteroatoms. The van der Waals surface area contributed by atoms with Gasteiger partial charge in [-0.25, -0.2) is 0 Å². The molecule has 2 nitrogen and oxygen atoms in total. The average Bonchev–Trinajstić information content (AvgIpc) is 1.59. The van der Waals surface area contributed by atoms with Gasteiger partial charge in [0, 0.05) is 12.8 Å². The van der Waals surface area contributed by atoms with E-state index in [2.05, 4.69) is 18.8 Å². The van der Waals surface area contributed by atoms with E-state index >= 15 is 0 Å². The van der Waals surface area contributed by atoms with Gasteiger partial charge in [0.2, 0.25) is 0 Å². The number of hydrogen-bond donors (Lipinski definition) is 0. The van der Waals surface area contributed by atoms with Crippen LogP contribution in [-0.2, 0) is 4.74 Å². The minimum Gasteiger partial charge on any atom is -0.382 e. The molecule has 0 aromatic carbocycles. The smallest absolute Gasteiger partial charge is 0.0783 e. The Balaban J connectivity index is 3.98. The summed E-state index contributed by atoms with van der Waals surface area (Å²) in [7, 11) is 1.70. The summed E-state index contributed by atoms with van der Waals surface area (Å²) >= 11 is 0. The summed E-state index contributed by atoms with van der Waals surface area (Å²) in [6.45, 7) is 8.79. The van der Waals surface area contributed by atoms with Crippen molar-refractivity contribution >= 4 is 5.71 Å². The van der Waals surface area contributed by atoms with E-state index in [1.54, 1.807) is 7.11 Å². The zero-order chi connectivity index (χ0) is 8.20. The van der Waals surface area contributed by atoms with Crippen molar-refractivity contribution in [1.29, 1.82) is 0 Å². The lowest BCUT2D eigenvalue weighted by molar-refractivity contribution is 0.150. The van der Waals surface area contributed by atoms with Crippen LogP contribution >= 0.6 is 0 Å². The molecular weight excluding hydrogens is 126 g/mol. The summed E-state index contributed by atoms with van der Waals surface area (Å²) < 4.78 is 5.00. The molecular formula is C8H17NO. The molecule has 0 aromatic rings. The summed E-state index contributed by atoms with van der Waals surface area (Å²) in [6.07, 6.45) is 0. The number of ether oxygens (including phenoxy) is 1. The van der Waals surface area contributed by atoms with E-state index < -0.39 is 0 Å². The van der Waals surface area contributed by atoms with Crippen molar-refractivity contribution in [2.75, 3.05) is 13.7 Å². The Bertz CT molecular complexity index is 123. The van der Waals surface area contributed by atoms with Crippen LogP contribution in [0.25, 0.3) is 0 Å². The number of nitrogens with zero attached hydrogens (tertiary/aromatic N) is 1. The molecule has 0 rings (SSSR count). The quantitative estimate of drug-likeness (QED) is 0.553. The maximum absolute atomic E-state index is 5.00. The first-order valence-electron chi connectivity index (χ1n) is 3.50. The molecule has 0 atom stereocenters. The van der Waals surface area contributed by atoms with Crippen LogP contribution in [0.2, 0.25) is 0 Å². The second-order valence-corrected chi connectivity index (χ2v) is 3.30. The molecule has 0 aliphatic heterocycles. The molecule has 0 saturated carbocycles. The van der Waals surface area contributed by atoms with Crippen LogP contribution in [0.3, 0.4) is 0 Å². The first-order chi connectivity index (χ1) is 4.48. The Labute approximate surface area is 63.3 Å². The van der Waals surface area contributed by atoms with Crippen molar-refractivity contribution < 1.29 is 4.74 Å². The van der Waals surface area contributed by atoms with Crippen LogP contribution in [0.4, 0.5) is 0 Å². The largest absolute Gasteiger partial charge is 0.382 e. The topological polar surface area (TPSA) is 21.6 Å². The van der Waals surface area contributed by atoms with Crippen LogP contribution in [0.1, 0.15) is 27.7 Å². The molecule has 0 radical (unpaired) electrons. The van der Waals surface area contributed by atoms with Crippen molar-refractivity contribution in [1.82, 2.24) is 0 Å². The second kappa shape index (κ2) is 3.71. The molecule has 0 aliphatic carbocycles. The second-order valence-electron chi connectivity index (χ2n) is 3.30. The summed E-state index contributed by atoms with van der Waals surface area (Å²) in [5.41, 5.74) is 1.04. The van der Waals surface area contributed by atoms with Gasteiger partial charge in [-0.3, -0.25) is 4.99 Å². The molecule has 0 heterocycles. The van der Waals surface area contributed by atoms with Crippen LogP contribution in [0.15, 0.2) is 4.99 Å². The van der Waals surface area contributed by atoms with Gasteiger partial charge >= 0.3 is 0 Å². The number of hydrogen-bond acceptors (Lipinski definition) is 2. The fourth-order valence-electron chi connectivity index (χ4n) is 0.991. The van der Waals surface area contributed by atoms with Gasteiger partial charge in [0.25, 0.3) is 0 Å². The zero-order valence-corrected chi connectivity index (χ0v) is 7.56. The predicted molar refractivity (Wildman–Crippen MR) is 44.7 cm³/mol.